The van der Waals surface area contributed by atoms with Crippen LogP contribution in [0, 0.1) is 5.92 Å². The molecule has 1 aliphatic carbocycles. The van der Waals surface area contributed by atoms with Crippen molar-refractivity contribution in [2.75, 3.05) is 19.6 Å². The van der Waals surface area contributed by atoms with Gasteiger partial charge in [-0.15, -0.1) is 6.58 Å². The van der Waals surface area contributed by atoms with Crippen LogP contribution < -0.4 is 16.4 Å². The molecule has 0 bridgehead atoms. The summed E-state index contributed by atoms with van der Waals surface area (Å²) in [5.41, 5.74) is 5.62. The summed E-state index contributed by atoms with van der Waals surface area (Å²) >= 11 is 0. The Morgan fingerprint density at radius 3 is 2.81 bits per heavy atom. The topological polar surface area (TPSA) is 79.5 Å². The molecule has 0 unspecified atom stereocenters. The summed E-state index contributed by atoms with van der Waals surface area (Å²) in [5, 5.41) is 5.65. The minimum Gasteiger partial charge on any atom is -0.370 e. The van der Waals surface area contributed by atoms with E-state index in [9.17, 15) is 4.79 Å². The summed E-state index contributed by atoms with van der Waals surface area (Å²) < 4.78 is 0. The van der Waals surface area contributed by atoms with Gasteiger partial charge in [0.15, 0.2) is 5.96 Å². The van der Waals surface area contributed by atoms with Crippen LogP contribution in [0.3, 0.4) is 0 Å². The lowest BCUT2D eigenvalue weighted by Crippen LogP contribution is -2.38. The Bertz CT molecular complexity index is 271. The van der Waals surface area contributed by atoms with Gasteiger partial charge >= 0.3 is 0 Å². The van der Waals surface area contributed by atoms with Gasteiger partial charge in [0, 0.05) is 13.1 Å². The van der Waals surface area contributed by atoms with Crippen molar-refractivity contribution in [2.24, 2.45) is 16.6 Å². The zero-order chi connectivity index (χ0) is 11.8. The van der Waals surface area contributed by atoms with E-state index in [2.05, 4.69) is 22.2 Å². The van der Waals surface area contributed by atoms with Crippen molar-refractivity contribution in [3.63, 3.8) is 0 Å². The SMILES string of the molecule is C=CCNC(=O)CN=C(N)NCC1CCC1. The molecule has 0 heterocycles. The number of hydrogen-bond acceptors (Lipinski definition) is 2. The first-order valence-corrected chi connectivity index (χ1v) is 5.63. The second-order valence-corrected chi connectivity index (χ2v) is 3.97. The molecular formula is C11H20N4O. The Kier molecular flexibility index (Phi) is 5.39. The fourth-order valence-corrected chi connectivity index (χ4v) is 1.40. The molecule has 1 amide bonds. The molecule has 0 spiro atoms. The van der Waals surface area contributed by atoms with Crippen LogP contribution in [0.4, 0.5) is 0 Å². The van der Waals surface area contributed by atoms with Crippen molar-refractivity contribution in [3.05, 3.63) is 12.7 Å². The lowest BCUT2D eigenvalue weighted by Gasteiger charge is -2.25. The van der Waals surface area contributed by atoms with Gasteiger partial charge in [0.05, 0.1) is 0 Å². The summed E-state index contributed by atoms with van der Waals surface area (Å²) in [6.45, 7) is 4.90. The molecule has 0 saturated heterocycles. The Morgan fingerprint density at radius 1 is 1.50 bits per heavy atom. The highest BCUT2D eigenvalue weighted by molar-refractivity contribution is 5.83. The van der Waals surface area contributed by atoms with E-state index in [1.54, 1.807) is 6.08 Å². The third kappa shape index (κ3) is 4.82. The molecule has 4 N–H and O–H groups in total. The predicted octanol–water partition coefficient (Wildman–Crippen LogP) is -0.00700. The number of nitrogens with one attached hydrogen (secondary N) is 2. The summed E-state index contributed by atoms with van der Waals surface area (Å²) in [4.78, 5) is 15.1. The van der Waals surface area contributed by atoms with Gasteiger partial charge in [-0.2, -0.15) is 0 Å². The van der Waals surface area contributed by atoms with E-state index in [1.165, 1.54) is 19.3 Å². The second-order valence-electron chi connectivity index (χ2n) is 3.97. The van der Waals surface area contributed by atoms with Crippen LogP contribution in [0.5, 0.6) is 0 Å². The van der Waals surface area contributed by atoms with Gasteiger partial charge in [-0.05, 0) is 18.8 Å². The van der Waals surface area contributed by atoms with Gasteiger partial charge in [-0.25, -0.2) is 4.99 Å². The Labute approximate surface area is 96.2 Å². The van der Waals surface area contributed by atoms with Crippen molar-refractivity contribution in [3.8, 4) is 0 Å². The fraction of sp³-hybridized carbons (Fsp3) is 0.636. The maximum Gasteiger partial charge on any atom is 0.242 e. The number of hydrogen-bond donors (Lipinski definition) is 3. The first-order chi connectivity index (χ1) is 7.72. The van der Waals surface area contributed by atoms with E-state index < -0.39 is 0 Å². The second kappa shape index (κ2) is 6.87. The average molecular weight is 224 g/mol. The van der Waals surface area contributed by atoms with Gasteiger partial charge in [-0.1, -0.05) is 12.5 Å². The molecule has 1 saturated carbocycles. The van der Waals surface area contributed by atoms with Crippen LogP contribution in [-0.4, -0.2) is 31.5 Å². The van der Waals surface area contributed by atoms with E-state index in [0.29, 0.717) is 12.5 Å². The van der Waals surface area contributed by atoms with Gasteiger partial charge in [0.2, 0.25) is 5.91 Å². The first kappa shape index (κ1) is 12.5. The quantitative estimate of drug-likeness (QED) is 0.337. The number of rotatable bonds is 6. The molecule has 1 fully saturated rings. The van der Waals surface area contributed by atoms with E-state index in [1.807, 2.05) is 0 Å². The minimum absolute atomic E-state index is 0.0668. The van der Waals surface area contributed by atoms with Gasteiger partial charge in [0.25, 0.3) is 0 Å². The molecule has 1 rings (SSSR count). The third-order valence-electron chi connectivity index (χ3n) is 2.63. The molecule has 0 aromatic heterocycles. The molecule has 16 heavy (non-hydrogen) atoms. The van der Waals surface area contributed by atoms with Gasteiger partial charge < -0.3 is 16.4 Å². The van der Waals surface area contributed by atoms with E-state index >= 15 is 0 Å². The molecule has 5 nitrogen and oxygen atoms in total. The lowest BCUT2D eigenvalue weighted by atomic mass is 9.85. The molecule has 0 radical (unpaired) electrons. The normalized spacial score (nSPS) is 16.4. The Balaban J connectivity index is 2.11. The van der Waals surface area contributed by atoms with Crippen LogP contribution in [0.25, 0.3) is 0 Å². The maximum absolute atomic E-state index is 11.2. The highest BCUT2D eigenvalue weighted by Crippen LogP contribution is 2.24. The number of nitrogens with zero attached hydrogens (tertiary/aromatic N) is 1. The molecule has 0 atom stereocenters. The monoisotopic (exact) mass is 224 g/mol. The standard InChI is InChI=1S/C11H20N4O/c1-2-6-13-10(16)8-15-11(12)14-7-9-4-3-5-9/h2,9H,1,3-8H2,(H,13,16)(H3,12,14,15). The van der Waals surface area contributed by atoms with Crippen LogP contribution in [0.15, 0.2) is 17.6 Å². The maximum atomic E-state index is 11.2. The van der Waals surface area contributed by atoms with Crippen LogP contribution in [0.2, 0.25) is 0 Å². The summed E-state index contributed by atoms with van der Waals surface area (Å²) in [6.07, 6.45) is 5.47. The van der Waals surface area contributed by atoms with E-state index in [-0.39, 0.29) is 12.5 Å². The number of aliphatic imine (C=N–C) groups is 1. The van der Waals surface area contributed by atoms with Crippen molar-refractivity contribution in [1.82, 2.24) is 10.6 Å². The van der Waals surface area contributed by atoms with Crippen molar-refractivity contribution >= 4 is 11.9 Å². The Morgan fingerprint density at radius 2 is 2.25 bits per heavy atom. The van der Waals surface area contributed by atoms with Crippen LogP contribution >= 0.6 is 0 Å². The highest BCUT2D eigenvalue weighted by atomic mass is 16.1. The molecule has 0 aromatic carbocycles. The fourth-order valence-electron chi connectivity index (χ4n) is 1.40. The number of amides is 1. The lowest BCUT2D eigenvalue weighted by molar-refractivity contribution is -0.119. The van der Waals surface area contributed by atoms with Gasteiger partial charge in [0.1, 0.15) is 6.54 Å². The molecule has 0 aromatic rings. The zero-order valence-electron chi connectivity index (χ0n) is 9.54. The van der Waals surface area contributed by atoms with Crippen LogP contribution in [0.1, 0.15) is 19.3 Å². The van der Waals surface area contributed by atoms with E-state index in [4.69, 9.17) is 5.73 Å². The average Bonchev–Trinajstić information content (AvgIpc) is 2.21. The predicted molar refractivity (Wildman–Crippen MR) is 65.0 cm³/mol. The largest absolute Gasteiger partial charge is 0.370 e. The summed E-state index contributed by atoms with van der Waals surface area (Å²) in [6, 6.07) is 0. The number of carbonyl (C=O) groups excluding carboxylic acids is 1. The smallest absolute Gasteiger partial charge is 0.242 e. The zero-order valence-corrected chi connectivity index (χ0v) is 9.54. The van der Waals surface area contributed by atoms with Gasteiger partial charge in [-0.3, -0.25) is 4.79 Å². The van der Waals surface area contributed by atoms with Crippen molar-refractivity contribution in [2.45, 2.75) is 19.3 Å². The molecule has 0 aliphatic heterocycles. The number of nitrogens with two attached hydrogens (primary N) is 1. The summed E-state index contributed by atoms with van der Waals surface area (Å²) in [7, 11) is 0. The molecule has 5 heteroatoms. The van der Waals surface area contributed by atoms with Crippen molar-refractivity contribution < 1.29 is 4.79 Å². The van der Waals surface area contributed by atoms with E-state index in [0.717, 1.165) is 12.5 Å². The molecule has 1 aliphatic rings. The van der Waals surface area contributed by atoms with Crippen molar-refractivity contribution in [1.29, 1.82) is 0 Å². The number of carbonyl (C=O) groups is 1. The molecule has 90 valence electrons. The Hall–Kier alpha value is -1.52. The number of guanidine groups is 1. The minimum atomic E-state index is -0.145. The first-order valence-electron chi connectivity index (χ1n) is 5.63. The molecular weight excluding hydrogens is 204 g/mol. The third-order valence-corrected chi connectivity index (χ3v) is 2.63. The summed E-state index contributed by atoms with van der Waals surface area (Å²) in [5.74, 6) is 0.928. The van der Waals surface area contributed by atoms with Crippen LogP contribution in [-0.2, 0) is 4.79 Å². The highest BCUT2D eigenvalue weighted by Gasteiger charge is 2.16.